The van der Waals surface area contributed by atoms with Crippen molar-refractivity contribution in [2.75, 3.05) is 119 Å². The average Bonchev–Trinajstić information content (AvgIpc) is 1.51. The number of nitrogens with one attached hydrogen (secondary N) is 4. The topological polar surface area (TPSA) is 309 Å². The van der Waals surface area contributed by atoms with Crippen molar-refractivity contribution in [2.24, 2.45) is 5.92 Å². The molecule has 4 atom stereocenters. The van der Waals surface area contributed by atoms with Gasteiger partial charge in [-0.15, -0.1) is 0 Å². The van der Waals surface area contributed by atoms with Crippen LogP contribution in [0.5, 0.6) is 0 Å². The van der Waals surface area contributed by atoms with Gasteiger partial charge in [-0.2, -0.15) is 0 Å². The first kappa shape index (κ1) is 64.9. The van der Waals surface area contributed by atoms with Crippen LogP contribution in [0.2, 0.25) is 0 Å². The van der Waals surface area contributed by atoms with E-state index in [1.165, 1.54) is 22.8 Å². The normalized spacial score (nSPS) is 17.5. The number of esters is 1. The van der Waals surface area contributed by atoms with E-state index >= 15 is 4.39 Å². The quantitative estimate of drug-likeness (QED) is 0.0241. The van der Waals surface area contributed by atoms with Crippen LogP contribution in [-0.2, 0) is 101 Å². The lowest BCUT2D eigenvalue weighted by atomic mass is 9.81. The minimum Gasteiger partial charge on any atom is -0.458 e. The fourth-order valence-electron chi connectivity index (χ4n) is 10.2. The zero-order valence-electron chi connectivity index (χ0n) is 48.4. The molecule has 0 saturated carbocycles. The Bertz CT molecular complexity index is 2940. The molecule has 7 rings (SSSR count). The maximum Gasteiger partial charge on any atom is 0.343 e. The number of rotatable bonds is 37. The third-order valence-electron chi connectivity index (χ3n) is 14.8. The largest absolute Gasteiger partial charge is 0.458 e. The second-order valence-electron chi connectivity index (χ2n) is 20.8. The number of carbonyl (C=O) groups excluding carboxylic acids is 7. The van der Waals surface area contributed by atoms with Crippen LogP contribution in [0.1, 0.15) is 92.8 Å². The highest BCUT2D eigenvalue weighted by Crippen LogP contribution is 2.46. The third-order valence-corrected chi connectivity index (χ3v) is 14.8. The number of hydrogen-bond donors (Lipinski definition) is 5. The molecular formula is C58H78FN7O18. The van der Waals surface area contributed by atoms with E-state index in [4.69, 9.17) is 47.6 Å². The van der Waals surface area contributed by atoms with Gasteiger partial charge in [0.25, 0.3) is 17.4 Å². The van der Waals surface area contributed by atoms with Crippen LogP contribution < -0.4 is 26.8 Å². The number of pyridine rings is 2. The number of benzene rings is 1. The Morgan fingerprint density at radius 3 is 1.86 bits per heavy atom. The van der Waals surface area contributed by atoms with Crippen LogP contribution in [0.3, 0.4) is 0 Å². The molecule has 0 spiro atoms. The Labute approximate surface area is 485 Å². The summed E-state index contributed by atoms with van der Waals surface area (Å²) in [6.07, 6.45) is 3.13. The van der Waals surface area contributed by atoms with Crippen LogP contribution in [0.25, 0.3) is 22.3 Å². The third kappa shape index (κ3) is 16.6. The summed E-state index contributed by atoms with van der Waals surface area (Å²) in [5, 5.41) is 23.4. The van der Waals surface area contributed by atoms with Crippen molar-refractivity contribution in [3.05, 3.63) is 73.8 Å². The predicted octanol–water partition coefficient (Wildman–Crippen LogP) is 1.23. The molecule has 25 nitrogen and oxygen atoms in total. The molecule has 3 aromatic rings. The Hall–Kier alpha value is -6.62. The first-order chi connectivity index (χ1) is 40.4. The molecule has 84 heavy (non-hydrogen) atoms. The Balaban J connectivity index is 0.701. The van der Waals surface area contributed by atoms with E-state index in [9.17, 15) is 43.5 Å². The highest BCUT2D eigenvalue weighted by atomic mass is 19.1. The summed E-state index contributed by atoms with van der Waals surface area (Å²) in [5.74, 6) is -4.21. The van der Waals surface area contributed by atoms with Crippen molar-refractivity contribution in [1.29, 1.82) is 0 Å². The molecule has 3 aliphatic heterocycles. The Kier molecular flexibility index (Phi) is 24.3. The van der Waals surface area contributed by atoms with E-state index < -0.39 is 70.6 Å². The molecule has 0 bridgehead atoms. The van der Waals surface area contributed by atoms with E-state index in [2.05, 4.69) is 21.3 Å². The van der Waals surface area contributed by atoms with Crippen LogP contribution in [0.4, 0.5) is 4.39 Å². The highest BCUT2D eigenvalue weighted by molar-refractivity contribution is 6.13. The summed E-state index contributed by atoms with van der Waals surface area (Å²) in [6, 6.07) is 0.296. The lowest BCUT2D eigenvalue weighted by molar-refractivity contribution is -0.172. The van der Waals surface area contributed by atoms with Crippen molar-refractivity contribution >= 4 is 52.3 Å². The SMILES string of the molecule is CC[C@@]1(O)C(=O)OCc2c1cc1n(c2=O)Cc2c-1nc1cc(F)c(C)c3c1c2[C@@H](NC(=O)[C@@H](C)NC(=O)[C@@H](NC(=O)CCOCCOCCOCCOCCOCCOCCOCCOCCNC(=O)CCN1C(=O)C=CC1=O)C(C)C)CC3. The zero-order valence-corrected chi connectivity index (χ0v) is 48.4. The molecule has 26 heteroatoms. The number of cyclic esters (lactones) is 1. The molecule has 6 amide bonds. The molecule has 5 N–H and O–H groups in total. The fourth-order valence-corrected chi connectivity index (χ4v) is 10.2. The van der Waals surface area contributed by atoms with Gasteiger partial charge >= 0.3 is 5.97 Å². The first-order valence-electron chi connectivity index (χ1n) is 28.6. The molecular weight excluding hydrogens is 1100 g/mol. The average molecular weight is 1180 g/mol. The smallest absolute Gasteiger partial charge is 0.343 e. The van der Waals surface area contributed by atoms with E-state index in [-0.39, 0.29) is 81.7 Å². The van der Waals surface area contributed by atoms with Crippen molar-refractivity contribution in [3.63, 3.8) is 0 Å². The summed E-state index contributed by atoms with van der Waals surface area (Å²) in [7, 11) is 0. The van der Waals surface area contributed by atoms with Gasteiger partial charge in [0, 0.05) is 60.7 Å². The monoisotopic (exact) mass is 1180 g/mol. The highest BCUT2D eigenvalue weighted by Gasteiger charge is 2.46. The Morgan fingerprint density at radius 1 is 0.738 bits per heavy atom. The summed E-state index contributed by atoms with van der Waals surface area (Å²) in [6.45, 7) is 14.0. The van der Waals surface area contributed by atoms with Gasteiger partial charge in [-0.3, -0.25) is 38.5 Å². The van der Waals surface area contributed by atoms with E-state index in [0.717, 1.165) is 10.5 Å². The molecule has 0 saturated heterocycles. The first-order valence-corrected chi connectivity index (χ1v) is 28.6. The second-order valence-corrected chi connectivity index (χ2v) is 20.8. The molecule has 0 fully saturated rings. The number of aromatic nitrogens is 2. The maximum absolute atomic E-state index is 15.4. The van der Waals surface area contributed by atoms with Gasteiger partial charge < -0.3 is 73.6 Å². The van der Waals surface area contributed by atoms with Gasteiger partial charge in [0.1, 0.15) is 24.5 Å². The van der Waals surface area contributed by atoms with Gasteiger partial charge in [0.2, 0.25) is 23.6 Å². The number of amides is 6. The van der Waals surface area contributed by atoms with Crippen LogP contribution in [0.15, 0.2) is 29.1 Å². The number of aliphatic hydroxyl groups is 1. The number of carbonyl (C=O) groups is 7. The number of imide groups is 1. The number of fused-ring (bicyclic) bond motifs is 5. The number of hydrogen-bond acceptors (Lipinski definition) is 19. The second kappa shape index (κ2) is 31.5. The van der Waals surface area contributed by atoms with Crippen LogP contribution in [-0.4, -0.2) is 192 Å². The van der Waals surface area contributed by atoms with Gasteiger partial charge in [0.05, 0.1) is 141 Å². The van der Waals surface area contributed by atoms with E-state index in [1.807, 2.05) is 0 Å². The maximum atomic E-state index is 15.4. The standard InChI is InChI=1S/C58H78FN7O18/c1-6-58(75)41-31-45-53-39(33-66(45)56(73)40(41)34-84-57(58)74)51-43(8-7-38-36(4)42(59)32-44(62-53)50(38)51)63-54(71)37(5)61-55(72)52(35(2)3)64-47(68)12-15-76-17-19-78-21-23-80-25-27-82-29-30-83-28-26-81-24-22-79-20-18-77-16-13-60-46(67)11-14-65-48(69)9-10-49(65)70/h9-10,31-32,35,37,43,52,75H,6-8,11-30,33-34H2,1-5H3,(H,60,67)(H,61,72)(H,63,71)(H,64,68)/t37-,43+,52+,58+/m1/s1. The zero-order chi connectivity index (χ0) is 60.3. The van der Waals surface area contributed by atoms with Crippen molar-refractivity contribution in [3.8, 4) is 11.4 Å². The summed E-state index contributed by atoms with van der Waals surface area (Å²) >= 11 is 0. The van der Waals surface area contributed by atoms with Gasteiger partial charge in [-0.1, -0.05) is 20.8 Å². The molecule has 0 unspecified atom stereocenters. The van der Waals surface area contributed by atoms with Crippen molar-refractivity contribution in [1.82, 2.24) is 35.7 Å². The van der Waals surface area contributed by atoms with Crippen LogP contribution in [0, 0.1) is 18.7 Å². The molecule has 1 aliphatic carbocycles. The molecule has 2 aromatic heterocycles. The van der Waals surface area contributed by atoms with Gasteiger partial charge in [-0.25, -0.2) is 14.2 Å². The lowest BCUT2D eigenvalue weighted by Crippen LogP contribution is -2.55. The van der Waals surface area contributed by atoms with Crippen LogP contribution >= 0.6 is 0 Å². The Morgan fingerprint density at radius 2 is 1.30 bits per heavy atom. The number of aryl methyl sites for hydroxylation is 1. The van der Waals surface area contributed by atoms with E-state index in [1.54, 1.807) is 40.7 Å². The number of halogens is 1. The molecule has 1 aromatic carbocycles. The number of nitrogens with zero attached hydrogens (tertiary/aromatic N) is 3. The molecule has 0 radical (unpaired) electrons. The van der Waals surface area contributed by atoms with Crippen molar-refractivity contribution in [2.45, 2.75) is 104 Å². The van der Waals surface area contributed by atoms with Crippen molar-refractivity contribution < 1.29 is 85.7 Å². The fraction of sp³-hybridized carbons (Fsp3) is 0.603. The number of ether oxygens (including phenoxy) is 9. The summed E-state index contributed by atoms with van der Waals surface area (Å²) < 4.78 is 66.2. The minimum absolute atomic E-state index is 0.0184. The molecule has 5 heterocycles. The molecule has 460 valence electrons. The summed E-state index contributed by atoms with van der Waals surface area (Å²) in [5.41, 5.74) is 1.35. The molecule has 4 aliphatic rings. The van der Waals surface area contributed by atoms with E-state index in [0.29, 0.717) is 144 Å². The predicted molar refractivity (Wildman–Crippen MR) is 297 cm³/mol. The summed E-state index contributed by atoms with van der Waals surface area (Å²) in [4.78, 5) is 108. The lowest BCUT2D eigenvalue weighted by Gasteiger charge is -2.31. The van der Waals surface area contributed by atoms with Gasteiger partial charge in [0.15, 0.2) is 5.60 Å². The minimum atomic E-state index is -2.04. The van der Waals surface area contributed by atoms with Gasteiger partial charge in [-0.05, 0) is 61.8 Å².